The van der Waals surface area contributed by atoms with Gasteiger partial charge in [0.05, 0.1) is 26.2 Å². The summed E-state index contributed by atoms with van der Waals surface area (Å²) in [6, 6.07) is 9.94. The van der Waals surface area contributed by atoms with E-state index >= 15 is 0 Å². The SMILES string of the molecule is C=C[C@H]1CC(C(=O)OC)(C(=O)OC)[C@@H](c2ccco2)N(c2ccc(C)cc2)O1. The Morgan fingerprint density at radius 1 is 1.18 bits per heavy atom. The number of methoxy groups -OCH3 is 2. The molecule has 0 N–H and O–H groups in total. The van der Waals surface area contributed by atoms with Crippen molar-refractivity contribution >= 4 is 17.6 Å². The van der Waals surface area contributed by atoms with Gasteiger partial charge in [-0.3, -0.25) is 14.4 Å². The van der Waals surface area contributed by atoms with Gasteiger partial charge in [0.2, 0.25) is 0 Å². The standard InChI is InChI=1S/C21H23NO6/c1-5-16-13-21(19(23)25-3,20(24)26-4)18(17-7-6-12-27-17)22(28-16)15-10-8-14(2)9-11-15/h5-12,16,18H,1,13H2,2-4H3/t16-,18+/m0/s1. The smallest absolute Gasteiger partial charge is 0.326 e. The number of benzene rings is 1. The van der Waals surface area contributed by atoms with Gasteiger partial charge < -0.3 is 13.9 Å². The Morgan fingerprint density at radius 3 is 2.32 bits per heavy atom. The third kappa shape index (κ3) is 3.18. The molecule has 1 aromatic heterocycles. The average Bonchev–Trinajstić information content (AvgIpc) is 3.26. The second-order valence-corrected chi connectivity index (χ2v) is 6.62. The summed E-state index contributed by atoms with van der Waals surface area (Å²) in [5.74, 6) is -1.08. The van der Waals surface area contributed by atoms with Crippen molar-refractivity contribution in [2.75, 3.05) is 19.3 Å². The van der Waals surface area contributed by atoms with E-state index in [1.807, 2.05) is 31.2 Å². The van der Waals surface area contributed by atoms with E-state index in [4.69, 9.17) is 18.7 Å². The molecule has 7 nitrogen and oxygen atoms in total. The molecule has 1 aliphatic rings. The fraction of sp³-hybridized carbons (Fsp3) is 0.333. The van der Waals surface area contributed by atoms with Gasteiger partial charge in [-0.05, 0) is 31.2 Å². The second-order valence-electron chi connectivity index (χ2n) is 6.62. The first-order valence-electron chi connectivity index (χ1n) is 8.83. The molecule has 2 atom stereocenters. The molecular formula is C21H23NO6. The van der Waals surface area contributed by atoms with Gasteiger partial charge >= 0.3 is 11.9 Å². The van der Waals surface area contributed by atoms with Gasteiger partial charge in [-0.2, -0.15) is 0 Å². The van der Waals surface area contributed by atoms with Crippen LogP contribution >= 0.6 is 0 Å². The Kier molecular flexibility index (Phi) is 5.56. The molecule has 0 aliphatic carbocycles. The van der Waals surface area contributed by atoms with Gasteiger partial charge in [0, 0.05) is 6.42 Å². The number of hydroxylamine groups is 1. The maximum Gasteiger partial charge on any atom is 0.326 e. The topological polar surface area (TPSA) is 78.2 Å². The molecule has 0 saturated carbocycles. The van der Waals surface area contributed by atoms with Crippen molar-refractivity contribution < 1.29 is 28.3 Å². The first kappa shape index (κ1) is 19.7. The summed E-state index contributed by atoms with van der Waals surface area (Å²) in [6.45, 7) is 5.73. The number of furan rings is 1. The minimum Gasteiger partial charge on any atom is -0.468 e. The van der Waals surface area contributed by atoms with Gasteiger partial charge in [0.25, 0.3) is 0 Å². The Labute approximate surface area is 163 Å². The van der Waals surface area contributed by atoms with Crippen LogP contribution in [0.25, 0.3) is 0 Å². The lowest BCUT2D eigenvalue weighted by Gasteiger charge is -2.47. The van der Waals surface area contributed by atoms with Crippen molar-refractivity contribution in [2.45, 2.75) is 25.5 Å². The molecule has 1 fully saturated rings. The normalized spacial score (nSPS) is 21.0. The van der Waals surface area contributed by atoms with Crippen molar-refractivity contribution in [3.63, 3.8) is 0 Å². The summed E-state index contributed by atoms with van der Waals surface area (Å²) in [6.07, 6.45) is 2.40. The first-order chi connectivity index (χ1) is 13.5. The summed E-state index contributed by atoms with van der Waals surface area (Å²) in [7, 11) is 2.47. The Bertz CT molecular complexity index is 826. The lowest BCUT2D eigenvalue weighted by atomic mass is 9.73. The Balaban J connectivity index is 2.25. The summed E-state index contributed by atoms with van der Waals surface area (Å²) in [4.78, 5) is 32.1. The monoisotopic (exact) mass is 385 g/mol. The number of hydrogen-bond acceptors (Lipinski definition) is 7. The minimum absolute atomic E-state index is 0.00355. The molecule has 1 aliphatic heterocycles. The van der Waals surface area contributed by atoms with Crippen LogP contribution in [0.5, 0.6) is 0 Å². The number of nitrogens with zero attached hydrogens (tertiary/aromatic N) is 1. The van der Waals surface area contributed by atoms with Gasteiger partial charge in [-0.1, -0.05) is 23.8 Å². The van der Waals surface area contributed by atoms with Crippen LogP contribution in [0.2, 0.25) is 0 Å². The molecule has 1 aromatic carbocycles. The van der Waals surface area contributed by atoms with E-state index in [0.717, 1.165) is 5.56 Å². The molecule has 1 saturated heterocycles. The van der Waals surface area contributed by atoms with Gasteiger partial charge in [0.1, 0.15) is 17.9 Å². The average molecular weight is 385 g/mol. The van der Waals surface area contributed by atoms with Gasteiger partial charge in [-0.15, -0.1) is 6.58 Å². The molecule has 2 heterocycles. The maximum absolute atomic E-state index is 13.0. The molecule has 28 heavy (non-hydrogen) atoms. The molecular weight excluding hydrogens is 362 g/mol. The predicted octanol–water partition coefficient (Wildman–Crippen LogP) is 3.36. The fourth-order valence-corrected chi connectivity index (χ4v) is 3.54. The number of aryl methyl sites for hydroxylation is 1. The van der Waals surface area contributed by atoms with Crippen LogP contribution in [0.15, 0.2) is 59.7 Å². The van der Waals surface area contributed by atoms with E-state index in [1.54, 1.807) is 18.2 Å². The molecule has 7 heteroatoms. The zero-order valence-corrected chi connectivity index (χ0v) is 16.1. The van der Waals surface area contributed by atoms with Crippen LogP contribution in [-0.2, 0) is 23.9 Å². The third-order valence-electron chi connectivity index (χ3n) is 4.94. The third-order valence-corrected chi connectivity index (χ3v) is 4.94. The predicted molar refractivity (Wildman–Crippen MR) is 101 cm³/mol. The van der Waals surface area contributed by atoms with E-state index in [0.29, 0.717) is 11.4 Å². The van der Waals surface area contributed by atoms with Crippen LogP contribution in [0, 0.1) is 12.3 Å². The number of rotatable bonds is 5. The molecule has 0 radical (unpaired) electrons. The number of hydrogen-bond donors (Lipinski definition) is 0. The van der Waals surface area contributed by atoms with E-state index in [1.165, 1.54) is 25.5 Å². The summed E-state index contributed by atoms with van der Waals surface area (Å²) in [5, 5.41) is 1.50. The molecule has 0 unspecified atom stereocenters. The summed E-state index contributed by atoms with van der Waals surface area (Å²) < 4.78 is 15.7. The maximum atomic E-state index is 13.0. The number of esters is 2. The lowest BCUT2D eigenvalue weighted by molar-refractivity contribution is -0.184. The van der Waals surface area contributed by atoms with E-state index in [2.05, 4.69) is 6.58 Å². The van der Waals surface area contributed by atoms with Gasteiger partial charge in [-0.25, -0.2) is 5.06 Å². The van der Waals surface area contributed by atoms with Crippen LogP contribution in [-0.4, -0.2) is 32.3 Å². The number of carbonyl (C=O) groups is 2. The molecule has 0 spiro atoms. The lowest BCUT2D eigenvalue weighted by Crippen LogP contribution is -2.58. The van der Waals surface area contributed by atoms with Crippen molar-refractivity contribution in [2.24, 2.45) is 5.41 Å². The summed E-state index contributed by atoms with van der Waals surface area (Å²) >= 11 is 0. The molecule has 3 rings (SSSR count). The van der Waals surface area contributed by atoms with Crippen LogP contribution < -0.4 is 5.06 Å². The largest absolute Gasteiger partial charge is 0.468 e. The van der Waals surface area contributed by atoms with E-state index in [9.17, 15) is 9.59 Å². The van der Waals surface area contributed by atoms with E-state index in [-0.39, 0.29) is 6.42 Å². The van der Waals surface area contributed by atoms with E-state index < -0.39 is 29.5 Å². The highest BCUT2D eigenvalue weighted by Gasteiger charge is 2.62. The van der Waals surface area contributed by atoms with Crippen molar-refractivity contribution in [1.29, 1.82) is 0 Å². The summed E-state index contributed by atoms with van der Waals surface area (Å²) in [5.41, 5.74) is 0.00194. The minimum atomic E-state index is -1.71. The quantitative estimate of drug-likeness (QED) is 0.444. The highest BCUT2D eigenvalue weighted by Crippen LogP contribution is 2.50. The highest BCUT2D eigenvalue weighted by atomic mass is 16.7. The molecule has 0 amide bonds. The molecule has 2 aromatic rings. The highest BCUT2D eigenvalue weighted by molar-refractivity contribution is 6.01. The van der Waals surface area contributed by atoms with Gasteiger partial charge in [0.15, 0.2) is 5.41 Å². The van der Waals surface area contributed by atoms with Crippen LogP contribution in [0.4, 0.5) is 5.69 Å². The first-order valence-corrected chi connectivity index (χ1v) is 8.83. The number of anilines is 1. The second kappa shape index (κ2) is 7.90. The fourth-order valence-electron chi connectivity index (χ4n) is 3.54. The Hall–Kier alpha value is -3.06. The van der Waals surface area contributed by atoms with Crippen molar-refractivity contribution in [3.8, 4) is 0 Å². The number of carbonyl (C=O) groups excluding carboxylic acids is 2. The van der Waals surface area contributed by atoms with Crippen molar-refractivity contribution in [1.82, 2.24) is 0 Å². The van der Waals surface area contributed by atoms with Crippen LogP contribution in [0.3, 0.4) is 0 Å². The Morgan fingerprint density at radius 2 is 1.82 bits per heavy atom. The molecule has 148 valence electrons. The van der Waals surface area contributed by atoms with Crippen LogP contribution in [0.1, 0.15) is 23.8 Å². The van der Waals surface area contributed by atoms with Crippen molar-refractivity contribution in [3.05, 3.63) is 66.6 Å². The zero-order valence-electron chi connectivity index (χ0n) is 16.1. The number of ether oxygens (including phenoxy) is 2. The zero-order chi connectivity index (χ0) is 20.3. The molecule has 0 bridgehead atoms.